The fourth-order valence-electron chi connectivity index (χ4n) is 4.15. The van der Waals surface area contributed by atoms with Crippen molar-refractivity contribution in [2.75, 3.05) is 7.05 Å². The van der Waals surface area contributed by atoms with Gasteiger partial charge < -0.3 is 4.90 Å². The van der Waals surface area contributed by atoms with Crippen molar-refractivity contribution < 1.29 is 9.59 Å². The molecule has 0 radical (unpaired) electrons. The van der Waals surface area contributed by atoms with Crippen LogP contribution in [0, 0.1) is 17.8 Å². The van der Waals surface area contributed by atoms with Gasteiger partial charge in [0, 0.05) is 7.05 Å². The molecule has 0 aromatic rings. The van der Waals surface area contributed by atoms with Crippen LogP contribution in [-0.2, 0) is 4.79 Å². The summed E-state index contributed by atoms with van der Waals surface area (Å²) in [6.07, 6.45) is 6.22. The Balaban J connectivity index is 1.92. The van der Waals surface area contributed by atoms with E-state index in [9.17, 15) is 9.59 Å². The highest BCUT2D eigenvalue weighted by Gasteiger charge is 2.56. The van der Waals surface area contributed by atoms with E-state index in [4.69, 9.17) is 0 Å². The molecule has 1 saturated heterocycles. The molecule has 2 atom stereocenters. The quantitative estimate of drug-likeness (QED) is 0.705. The van der Waals surface area contributed by atoms with Crippen molar-refractivity contribution >= 4 is 11.9 Å². The predicted molar refractivity (Wildman–Crippen MR) is 63.3 cm³/mol. The molecule has 94 valence electrons. The van der Waals surface area contributed by atoms with Crippen LogP contribution in [0.5, 0.6) is 0 Å². The lowest BCUT2D eigenvalue weighted by molar-refractivity contribution is -0.131. The lowest BCUT2D eigenvalue weighted by Crippen LogP contribution is -2.56. The van der Waals surface area contributed by atoms with Crippen molar-refractivity contribution in [2.24, 2.45) is 17.8 Å². The maximum absolute atomic E-state index is 12.1. The third kappa shape index (κ3) is 1.36. The average molecular weight is 236 g/mol. The molecule has 2 bridgehead atoms. The molecule has 4 nitrogen and oxygen atoms in total. The summed E-state index contributed by atoms with van der Waals surface area (Å²) >= 11 is 0. The van der Waals surface area contributed by atoms with E-state index in [-0.39, 0.29) is 11.9 Å². The molecular weight excluding hydrogens is 216 g/mol. The monoisotopic (exact) mass is 236 g/mol. The zero-order chi connectivity index (χ0) is 12.2. The molecule has 3 saturated carbocycles. The maximum Gasteiger partial charge on any atom is 0.324 e. The van der Waals surface area contributed by atoms with Crippen molar-refractivity contribution in [3.63, 3.8) is 0 Å². The Kier molecular flexibility index (Phi) is 2.25. The van der Waals surface area contributed by atoms with Crippen LogP contribution < -0.4 is 5.32 Å². The van der Waals surface area contributed by atoms with E-state index in [2.05, 4.69) is 5.32 Å². The number of fused-ring (bicyclic) bond motifs is 3. The normalized spacial score (nSPS) is 45.3. The van der Waals surface area contributed by atoms with Crippen LogP contribution in [0.2, 0.25) is 0 Å². The number of imide groups is 1. The van der Waals surface area contributed by atoms with Gasteiger partial charge in [-0.1, -0.05) is 12.8 Å². The number of rotatable bonds is 1. The molecule has 17 heavy (non-hydrogen) atoms. The Morgan fingerprint density at radius 2 is 1.88 bits per heavy atom. The summed E-state index contributed by atoms with van der Waals surface area (Å²) in [6, 6.07) is -0.237. The number of amides is 3. The Labute approximate surface area is 102 Å². The standard InChI is InChI=1S/C13H20N2O2/c1-13(11(16)14-12(17)15(13)2)10-7-8-3-5-9(10)6-4-8/h8-10H,3-7H2,1-2H3,(H,14,16,17). The summed E-state index contributed by atoms with van der Waals surface area (Å²) in [5.74, 6) is 1.66. The van der Waals surface area contributed by atoms with Gasteiger partial charge >= 0.3 is 6.03 Å². The van der Waals surface area contributed by atoms with Crippen molar-refractivity contribution in [3.05, 3.63) is 0 Å². The zero-order valence-corrected chi connectivity index (χ0v) is 10.5. The van der Waals surface area contributed by atoms with E-state index < -0.39 is 5.54 Å². The average Bonchev–Trinajstić information content (AvgIpc) is 2.56. The summed E-state index contributed by atoms with van der Waals surface area (Å²) < 4.78 is 0. The first-order valence-electron chi connectivity index (χ1n) is 6.62. The number of likely N-dealkylation sites (N-methyl/N-ethyl adjacent to an activating group) is 1. The minimum Gasteiger partial charge on any atom is -0.313 e. The molecule has 4 heteroatoms. The Hall–Kier alpha value is -1.06. The molecule has 4 rings (SSSR count). The first-order valence-corrected chi connectivity index (χ1v) is 6.62. The SMILES string of the molecule is CN1C(=O)NC(=O)C1(C)C1CC2CCC1CC2. The number of hydrogen-bond acceptors (Lipinski definition) is 2. The first-order chi connectivity index (χ1) is 8.03. The molecule has 1 aliphatic heterocycles. The fourth-order valence-corrected chi connectivity index (χ4v) is 4.15. The van der Waals surface area contributed by atoms with E-state index in [0.717, 1.165) is 12.3 Å². The van der Waals surface area contributed by atoms with Gasteiger partial charge in [0.15, 0.2) is 0 Å². The van der Waals surface area contributed by atoms with Crippen molar-refractivity contribution in [1.29, 1.82) is 0 Å². The highest BCUT2D eigenvalue weighted by atomic mass is 16.2. The van der Waals surface area contributed by atoms with E-state index in [0.29, 0.717) is 11.8 Å². The topological polar surface area (TPSA) is 49.4 Å². The second-order valence-electron chi connectivity index (χ2n) is 6.09. The highest BCUT2D eigenvalue weighted by Crippen LogP contribution is 2.51. The molecule has 1 N–H and O–H groups in total. The van der Waals surface area contributed by atoms with Crippen LogP contribution in [0.4, 0.5) is 4.79 Å². The zero-order valence-electron chi connectivity index (χ0n) is 10.5. The van der Waals surface area contributed by atoms with Gasteiger partial charge in [-0.25, -0.2) is 4.79 Å². The number of hydrogen-bond donors (Lipinski definition) is 1. The lowest BCUT2D eigenvalue weighted by atomic mass is 9.59. The van der Waals surface area contributed by atoms with Crippen molar-refractivity contribution in [2.45, 2.75) is 44.6 Å². The molecule has 4 aliphatic rings. The van der Waals surface area contributed by atoms with Gasteiger partial charge in [-0.2, -0.15) is 0 Å². The van der Waals surface area contributed by atoms with Gasteiger partial charge in [0.2, 0.25) is 0 Å². The van der Waals surface area contributed by atoms with Crippen molar-refractivity contribution in [1.82, 2.24) is 10.2 Å². The molecule has 1 heterocycles. The predicted octanol–water partition coefficient (Wildman–Crippen LogP) is 1.75. The lowest BCUT2D eigenvalue weighted by Gasteiger charge is -2.49. The number of carbonyl (C=O) groups excluding carboxylic acids is 2. The Morgan fingerprint density at radius 3 is 2.29 bits per heavy atom. The highest BCUT2D eigenvalue weighted by molar-refractivity contribution is 6.06. The smallest absolute Gasteiger partial charge is 0.313 e. The Bertz CT molecular complexity index is 374. The van der Waals surface area contributed by atoms with E-state index >= 15 is 0 Å². The van der Waals surface area contributed by atoms with Gasteiger partial charge in [0.05, 0.1) is 0 Å². The van der Waals surface area contributed by atoms with Crippen LogP contribution >= 0.6 is 0 Å². The van der Waals surface area contributed by atoms with E-state index in [1.54, 1.807) is 11.9 Å². The summed E-state index contributed by atoms with van der Waals surface area (Å²) in [6.45, 7) is 1.94. The van der Waals surface area contributed by atoms with Crippen LogP contribution in [0.3, 0.4) is 0 Å². The van der Waals surface area contributed by atoms with Crippen LogP contribution in [0.15, 0.2) is 0 Å². The fraction of sp³-hybridized carbons (Fsp3) is 0.846. The second-order valence-corrected chi connectivity index (χ2v) is 6.09. The third-order valence-corrected chi connectivity index (χ3v) is 5.45. The van der Waals surface area contributed by atoms with Gasteiger partial charge in [-0.15, -0.1) is 0 Å². The van der Waals surface area contributed by atoms with Crippen molar-refractivity contribution in [3.8, 4) is 0 Å². The second kappa shape index (κ2) is 3.47. The largest absolute Gasteiger partial charge is 0.324 e. The molecule has 3 aliphatic carbocycles. The number of nitrogens with one attached hydrogen (secondary N) is 1. The summed E-state index contributed by atoms with van der Waals surface area (Å²) in [5.41, 5.74) is -0.610. The van der Waals surface area contributed by atoms with Crippen LogP contribution in [0.1, 0.15) is 39.0 Å². The summed E-state index contributed by atoms with van der Waals surface area (Å²) in [5, 5.41) is 2.46. The minimum absolute atomic E-state index is 0.0949. The maximum atomic E-state index is 12.1. The first kappa shape index (κ1) is 11.1. The molecular formula is C13H20N2O2. The Morgan fingerprint density at radius 1 is 1.24 bits per heavy atom. The number of urea groups is 1. The summed E-state index contributed by atoms with van der Waals surface area (Å²) in [4.78, 5) is 25.4. The molecule has 4 fully saturated rings. The van der Waals surface area contributed by atoms with Gasteiger partial charge in [-0.3, -0.25) is 10.1 Å². The van der Waals surface area contributed by atoms with Gasteiger partial charge in [-0.05, 0) is 43.9 Å². The number of nitrogens with zero attached hydrogens (tertiary/aromatic N) is 1. The minimum atomic E-state index is -0.610. The van der Waals surface area contributed by atoms with Gasteiger partial charge in [0.1, 0.15) is 5.54 Å². The van der Waals surface area contributed by atoms with E-state index in [1.807, 2.05) is 6.92 Å². The number of carbonyl (C=O) groups is 2. The molecule has 0 aromatic carbocycles. The molecule has 0 aromatic heterocycles. The van der Waals surface area contributed by atoms with Gasteiger partial charge in [0.25, 0.3) is 5.91 Å². The molecule has 2 unspecified atom stereocenters. The van der Waals surface area contributed by atoms with Crippen LogP contribution in [-0.4, -0.2) is 29.4 Å². The van der Waals surface area contributed by atoms with Crippen LogP contribution in [0.25, 0.3) is 0 Å². The summed E-state index contributed by atoms with van der Waals surface area (Å²) in [7, 11) is 1.75. The third-order valence-electron chi connectivity index (χ3n) is 5.45. The van der Waals surface area contributed by atoms with E-state index in [1.165, 1.54) is 25.7 Å². The molecule has 0 spiro atoms. The molecule has 3 amide bonds.